The minimum atomic E-state index is -3.04. The van der Waals surface area contributed by atoms with Crippen molar-refractivity contribution >= 4 is 30.2 Å². The first-order valence-corrected chi connectivity index (χ1v) is 8.92. The summed E-state index contributed by atoms with van der Waals surface area (Å²) < 4.78 is 23.1. The Morgan fingerprint density at radius 1 is 0.826 bits per heavy atom. The Kier molecular flexibility index (Phi) is 4.70. The molecule has 0 bridgehead atoms. The van der Waals surface area contributed by atoms with Crippen LogP contribution in [-0.2, 0) is 4.57 Å². The summed E-state index contributed by atoms with van der Waals surface area (Å²) >= 11 is 0. The second kappa shape index (κ2) is 7.08. The molecule has 4 heteroatoms. The predicted molar refractivity (Wildman–Crippen MR) is 96.0 cm³/mol. The Bertz CT molecular complexity index is 794. The Balaban J connectivity index is 1.95. The van der Waals surface area contributed by atoms with Crippen molar-refractivity contribution < 1.29 is 8.98 Å². The molecule has 114 valence electrons. The fraction of sp³-hybridized carbons (Fsp3) is 0. The van der Waals surface area contributed by atoms with Crippen LogP contribution in [-0.4, -0.2) is 6.21 Å². The van der Waals surface area contributed by atoms with Crippen LogP contribution in [0.5, 0.6) is 0 Å². The predicted octanol–water partition coefficient (Wildman–Crippen LogP) is 4.29. The smallest absolute Gasteiger partial charge is 0.247 e. The fourth-order valence-corrected chi connectivity index (χ4v) is 4.18. The highest BCUT2D eigenvalue weighted by Gasteiger charge is 2.25. The van der Waals surface area contributed by atoms with Gasteiger partial charge in [-0.15, -0.1) is 0 Å². The van der Waals surface area contributed by atoms with E-state index in [1.807, 2.05) is 72.8 Å². The second-order valence-electron chi connectivity index (χ2n) is 4.89. The van der Waals surface area contributed by atoms with E-state index in [0.29, 0.717) is 10.6 Å². The van der Waals surface area contributed by atoms with E-state index < -0.39 is 7.29 Å². The molecule has 0 fully saturated rings. The number of hydrogen-bond donors (Lipinski definition) is 0. The van der Waals surface area contributed by atoms with Gasteiger partial charge in [0.1, 0.15) is 5.76 Å². The van der Waals surface area contributed by atoms with Crippen molar-refractivity contribution in [3.05, 3.63) is 90.9 Å². The topological polar surface area (TPSA) is 42.6 Å². The molecule has 0 saturated carbocycles. The van der Waals surface area contributed by atoms with Crippen molar-refractivity contribution in [3.63, 3.8) is 0 Å². The zero-order chi connectivity index (χ0) is 16.0. The van der Waals surface area contributed by atoms with Crippen LogP contribution in [0.3, 0.4) is 0 Å². The molecule has 0 aliphatic heterocycles. The number of allylic oxidation sites excluding steroid dienone is 1. The standard InChI is InChI=1S/C19H16NO2P/c21-23(18-11-3-1-4-12-18,19-13-5-2-6-14-19)20-15-7-9-17-10-8-16-22-17/h1-16H/b9-7+,20-15+. The fourth-order valence-electron chi connectivity index (χ4n) is 2.20. The van der Waals surface area contributed by atoms with Gasteiger partial charge in [-0.25, -0.2) is 4.76 Å². The summed E-state index contributed by atoms with van der Waals surface area (Å²) in [5.41, 5.74) is 0. The molecule has 2 aromatic carbocycles. The van der Waals surface area contributed by atoms with E-state index in [9.17, 15) is 4.57 Å². The average molecular weight is 321 g/mol. The van der Waals surface area contributed by atoms with E-state index >= 15 is 0 Å². The summed E-state index contributed by atoms with van der Waals surface area (Å²) in [4.78, 5) is 0. The number of hydrogen-bond acceptors (Lipinski definition) is 2. The summed E-state index contributed by atoms with van der Waals surface area (Å²) in [6.45, 7) is 0. The molecule has 0 unspecified atom stereocenters. The molecule has 0 atom stereocenters. The lowest BCUT2D eigenvalue weighted by Gasteiger charge is -2.13. The van der Waals surface area contributed by atoms with Crippen LogP contribution in [0.15, 0.2) is 94.3 Å². The third-order valence-corrected chi connectivity index (χ3v) is 5.79. The van der Waals surface area contributed by atoms with Crippen LogP contribution in [0, 0.1) is 0 Å². The summed E-state index contributed by atoms with van der Waals surface area (Å²) in [6.07, 6.45) is 6.69. The van der Waals surface area contributed by atoms with Gasteiger partial charge in [0, 0.05) is 16.8 Å². The lowest BCUT2D eigenvalue weighted by molar-refractivity contribution is 0.557. The third-order valence-electron chi connectivity index (χ3n) is 3.33. The molecular formula is C19H16NO2P. The van der Waals surface area contributed by atoms with Crippen molar-refractivity contribution in [2.24, 2.45) is 4.76 Å². The van der Waals surface area contributed by atoms with E-state index in [-0.39, 0.29) is 0 Å². The normalized spacial score (nSPS) is 12.2. The molecule has 0 radical (unpaired) electrons. The Morgan fingerprint density at radius 3 is 1.96 bits per heavy atom. The number of furan rings is 1. The third kappa shape index (κ3) is 3.58. The molecule has 0 saturated heterocycles. The highest BCUT2D eigenvalue weighted by Crippen LogP contribution is 2.44. The molecule has 0 aliphatic rings. The van der Waals surface area contributed by atoms with Gasteiger partial charge < -0.3 is 4.42 Å². The summed E-state index contributed by atoms with van der Waals surface area (Å²) in [7, 11) is -3.04. The monoisotopic (exact) mass is 321 g/mol. The van der Waals surface area contributed by atoms with Crippen molar-refractivity contribution in [2.75, 3.05) is 0 Å². The first-order valence-electron chi connectivity index (χ1n) is 7.26. The van der Waals surface area contributed by atoms with Gasteiger partial charge >= 0.3 is 0 Å². The van der Waals surface area contributed by atoms with Crippen LogP contribution < -0.4 is 10.6 Å². The molecule has 0 amide bonds. The number of nitrogens with zero attached hydrogens (tertiary/aromatic N) is 1. The maximum absolute atomic E-state index is 13.5. The van der Waals surface area contributed by atoms with Gasteiger partial charge in [0.05, 0.1) is 6.26 Å². The van der Waals surface area contributed by atoms with Crippen molar-refractivity contribution in [1.29, 1.82) is 0 Å². The molecular weight excluding hydrogens is 305 g/mol. The quantitative estimate of drug-likeness (QED) is 0.519. The summed E-state index contributed by atoms with van der Waals surface area (Å²) in [5.74, 6) is 0.728. The SMILES string of the molecule is O=P(/N=C/C=C/c1ccco1)(c1ccccc1)c1ccccc1. The van der Waals surface area contributed by atoms with Crippen LogP contribution in [0.25, 0.3) is 6.08 Å². The second-order valence-corrected chi connectivity index (χ2v) is 7.30. The molecule has 1 heterocycles. The lowest BCUT2D eigenvalue weighted by Crippen LogP contribution is -2.14. The largest absolute Gasteiger partial charge is 0.465 e. The van der Waals surface area contributed by atoms with Gasteiger partial charge in [-0.3, -0.25) is 4.57 Å². The highest BCUT2D eigenvalue weighted by atomic mass is 31.2. The van der Waals surface area contributed by atoms with Crippen molar-refractivity contribution in [2.45, 2.75) is 0 Å². The molecule has 1 aromatic heterocycles. The Morgan fingerprint density at radius 2 is 1.43 bits per heavy atom. The minimum absolute atomic E-state index is 0.717. The molecule has 0 aliphatic carbocycles. The summed E-state index contributed by atoms with van der Waals surface area (Å²) in [6, 6.07) is 22.4. The highest BCUT2D eigenvalue weighted by molar-refractivity contribution is 7.77. The first kappa shape index (κ1) is 15.3. The van der Waals surface area contributed by atoms with Gasteiger partial charge in [0.2, 0.25) is 7.29 Å². The van der Waals surface area contributed by atoms with Gasteiger partial charge in [-0.2, -0.15) is 0 Å². The average Bonchev–Trinajstić information content (AvgIpc) is 3.13. The molecule has 3 rings (SSSR count). The first-order chi connectivity index (χ1) is 11.3. The van der Waals surface area contributed by atoms with E-state index in [0.717, 1.165) is 5.76 Å². The van der Waals surface area contributed by atoms with Gasteiger partial charge in [-0.1, -0.05) is 36.4 Å². The maximum Gasteiger partial charge on any atom is 0.247 e. The van der Waals surface area contributed by atoms with E-state index in [1.165, 1.54) is 0 Å². The molecule has 0 N–H and O–H groups in total. The molecule has 0 spiro atoms. The van der Waals surface area contributed by atoms with Crippen molar-refractivity contribution in [1.82, 2.24) is 0 Å². The van der Waals surface area contributed by atoms with E-state index in [2.05, 4.69) is 4.76 Å². The van der Waals surface area contributed by atoms with E-state index in [4.69, 9.17) is 4.42 Å². The molecule has 23 heavy (non-hydrogen) atoms. The number of benzene rings is 2. The lowest BCUT2D eigenvalue weighted by atomic mass is 10.4. The van der Waals surface area contributed by atoms with Gasteiger partial charge in [0.25, 0.3) is 0 Å². The van der Waals surface area contributed by atoms with Crippen molar-refractivity contribution in [3.8, 4) is 0 Å². The van der Waals surface area contributed by atoms with E-state index in [1.54, 1.807) is 24.6 Å². The molecule has 3 nitrogen and oxygen atoms in total. The van der Waals surface area contributed by atoms with Gasteiger partial charge in [0.15, 0.2) is 0 Å². The van der Waals surface area contributed by atoms with Gasteiger partial charge in [-0.05, 0) is 48.6 Å². The van der Waals surface area contributed by atoms with Crippen LogP contribution in [0.1, 0.15) is 5.76 Å². The Hall–Kier alpha value is -2.64. The minimum Gasteiger partial charge on any atom is -0.465 e. The zero-order valence-electron chi connectivity index (χ0n) is 12.4. The Labute approximate surface area is 135 Å². The maximum atomic E-state index is 13.5. The van der Waals surface area contributed by atoms with Crippen LogP contribution >= 0.6 is 7.29 Å². The van der Waals surface area contributed by atoms with Crippen LogP contribution in [0.2, 0.25) is 0 Å². The number of rotatable bonds is 5. The zero-order valence-corrected chi connectivity index (χ0v) is 13.3. The summed E-state index contributed by atoms with van der Waals surface area (Å²) in [5, 5.41) is 1.43. The van der Waals surface area contributed by atoms with Crippen LogP contribution in [0.4, 0.5) is 0 Å². The molecule has 3 aromatic rings.